The van der Waals surface area contributed by atoms with E-state index in [9.17, 15) is 19.5 Å². The van der Waals surface area contributed by atoms with Crippen molar-refractivity contribution in [2.24, 2.45) is 0 Å². The van der Waals surface area contributed by atoms with Crippen molar-refractivity contribution in [1.82, 2.24) is 9.80 Å². The van der Waals surface area contributed by atoms with Crippen LogP contribution in [0.5, 0.6) is 0 Å². The van der Waals surface area contributed by atoms with Crippen LogP contribution in [-0.4, -0.2) is 63.7 Å². The molecule has 3 rings (SSSR count). The molecule has 2 heterocycles. The first-order valence-electron chi connectivity index (χ1n) is 8.30. The third-order valence-electron chi connectivity index (χ3n) is 4.25. The first-order chi connectivity index (χ1) is 11.7. The van der Waals surface area contributed by atoms with E-state index in [-0.39, 0.29) is 31.3 Å². The fourth-order valence-electron chi connectivity index (χ4n) is 3.25. The van der Waals surface area contributed by atoms with Gasteiger partial charge in [-0.1, -0.05) is 12.1 Å². The second kappa shape index (κ2) is 6.15. The van der Waals surface area contributed by atoms with Gasteiger partial charge >= 0.3 is 6.09 Å². The largest absolute Gasteiger partial charge is 0.444 e. The molecule has 7 heteroatoms. The quantitative estimate of drug-likeness (QED) is 0.782. The van der Waals surface area contributed by atoms with E-state index in [1.54, 1.807) is 45.0 Å². The van der Waals surface area contributed by atoms with Gasteiger partial charge in [0.25, 0.3) is 11.8 Å². The van der Waals surface area contributed by atoms with Gasteiger partial charge in [-0.15, -0.1) is 0 Å². The van der Waals surface area contributed by atoms with Gasteiger partial charge in [0.15, 0.2) is 0 Å². The van der Waals surface area contributed by atoms with E-state index >= 15 is 0 Å². The normalized spacial score (nSPS) is 23.7. The second-order valence-electron chi connectivity index (χ2n) is 7.45. The average molecular weight is 346 g/mol. The number of aliphatic hydroxyl groups is 1. The number of piperidine rings is 1. The van der Waals surface area contributed by atoms with Crippen LogP contribution in [-0.2, 0) is 4.74 Å². The zero-order chi connectivity index (χ0) is 18.4. The van der Waals surface area contributed by atoms with Crippen molar-refractivity contribution in [3.05, 3.63) is 35.4 Å². The summed E-state index contributed by atoms with van der Waals surface area (Å²) in [5, 5.41) is 10.1. The van der Waals surface area contributed by atoms with Crippen LogP contribution in [0.1, 0.15) is 47.9 Å². The summed E-state index contributed by atoms with van der Waals surface area (Å²) in [6, 6.07) is 6.05. The predicted octanol–water partition coefficient (Wildman–Crippen LogP) is 1.65. The molecule has 1 saturated heterocycles. The smallest absolute Gasteiger partial charge is 0.410 e. The number of carbonyl (C=O) groups is 3. The summed E-state index contributed by atoms with van der Waals surface area (Å²) in [7, 11) is 0. The monoisotopic (exact) mass is 346 g/mol. The molecule has 2 atom stereocenters. The van der Waals surface area contributed by atoms with Crippen LogP contribution in [0, 0.1) is 0 Å². The molecule has 1 aromatic carbocycles. The van der Waals surface area contributed by atoms with Gasteiger partial charge in [0.1, 0.15) is 5.60 Å². The van der Waals surface area contributed by atoms with Crippen molar-refractivity contribution in [3.63, 3.8) is 0 Å². The highest BCUT2D eigenvalue weighted by Crippen LogP contribution is 2.28. The maximum Gasteiger partial charge on any atom is 0.410 e. The molecule has 134 valence electrons. The molecule has 3 amide bonds. The van der Waals surface area contributed by atoms with Crippen LogP contribution in [0.25, 0.3) is 0 Å². The lowest BCUT2D eigenvalue weighted by Crippen LogP contribution is -2.56. The number of rotatable bonds is 1. The van der Waals surface area contributed by atoms with Gasteiger partial charge < -0.3 is 14.7 Å². The van der Waals surface area contributed by atoms with E-state index in [1.165, 1.54) is 4.90 Å². The van der Waals surface area contributed by atoms with Crippen molar-refractivity contribution in [2.45, 2.75) is 44.9 Å². The van der Waals surface area contributed by atoms with Crippen LogP contribution in [0.15, 0.2) is 24.3 Å². The number of nitrogens with zero attached hydrogens (tertiary/aromatic N) is 2. The Morgan fingerprint density at radius 3 is 2.20 bits per heavy atom. The third-order valence-corrected chi connectivity index (χ3v) is 4.25. The number of benzene rings is 1. The molecule has 0 spiro atoms. The van der Waals surface area contributed by atoms with E-state index in [0.29, 0.717) is 11.1 Å². The lowest BCUT2D eigenvalue weighted by atomic mass is 10.0. The number of β-amino-alcohol motifs (C(OH)–C–C–N with tert-alkyl or cyclic N) is 1. The summed E-state index contributed by atoms with van der Waals surface area (Å²) in [6.45, 7) is 5.54. The molecule has 0 radical (unpaired) electrons. The topological polar surface area (TPSA) is 87.2 Å². The number of amides is 3. The Bertz CT molecular complexity index is 689. The molecule has 2 aliphatic rings. The van der Waals surface area contributed by atoms with Crippen molar-refractivity contribution in [3.8, 4) is 0 Å². The predicted molar refractivity (Wildman–Crippen MR) is 89.2 cm³/mol. The highest BCUT2D eigenvalue weighted by Gasteiger charge is 2.43. The number of hydrogen-bond donors (Lipinski definition) is 1. The number of hydrogen-bond acceptors (Lipinski definition) is 5. The molecule has 1 fully saturated rings. The first-order valence-corrected chi connectivity index (χ1v) is 8.30. The molecule has 7 nitrogen and oxygen atoms in total. The molecule has 0 saturated carbocycles. The Kier molecular flexibility index (Phi) is 4.28. The number of ether oxygens (including phenoxy) is 1. The Morgan fingerprint density at radius 1 is 1.12 bits per heavy atom. The number of likely N-dealkylation sites (tertiary alicyclic amines) is 1. The summed E-state index contributed by atoms with van der Waals surface area (Å²) in [6.07, 6.45) is -1.14. The zero-order valence-corrected chi connectivity index (χ0v) is 14.6. The van der Waals surface area contributed by atoms with E-state index in [1.807, 2.05) is 0 Å². The molecule has 0 aromatic heterocycles. The number of fused-ring (bicyclic) bond motifs is 1. The number of imide groups is 1. The molecule has 0 bridgehead atoms. The minimum atomic E-state index is -0.824. The molecule has 1 aromatic rings. The van der Waals surface area contributed by atoms with Crippen molar-refractivity contribution >= 4 is 17.9 Å². The fraction of sp³-hybridized carbons (Fsp3) is 0.500. The molecule has 1 unspecified atom stereocenters. The summed E-state index contributed by atoms with van der Waals surface area (Å²) in [5.41, 5.74) is 0.0533. The Hall–Kier alpha value is -2.41. The summed E-state index contributed by atoms with van der Waals surface area (Å²) >= 11 is 0. The summed E-state index contributed by atoms with van der Waals surface area (Å²) in [5.74, 6) is -0.771. The fourth-order valence-corrected chi connectivity index (χ4v) is 3.25. The maximum absolute atomic E-state index is 12.6. The Balaban J connectivity index is 1.80. The van der Waals surface area contributed by atoms with Crippen molar-refractivity contribution < 1.29 is 24.2 Å². The van der Waals surface area contributed by atoms with Crippen molar-refractivity contribution in [2.75, 3.05) is 13.1 Å². The lowest BCUT2D eigenvalue weighted by Gasteiger charge is -2.39. The lowest BCUT2D eigenvalue weighted by molar-refractivity contribution is -0.0133. The summed E-state index contributed by atoms with van der Waals surface area (Å²) in [4.78, 5) is 40.0. The third kappa shape index (κ3) is 3.37. The van der Waals surface area contributed by atoms with Crippen LogP contribution in [0.3, 0.4) is 0 Å². The van der Waals surface area contributed by atoms with Gasteiger partial charge in [-0.25, -0.2) is 4.79 Å². The Labute approximate surface area is 146 Å². The van der Waals surface area contributed by atoms with Crippen LogP contribution >= 0.6 is 0 Å². The van der Waals surface area contributed by atoms with E-state index in [2.05, 4.69) is 0 Å². The van der Waals surface area contributed by atoms with Gasteiger partial charge in [-0.2, -0.15) is 0 Å². The minimum absolute atomic E-state index is 0.120. The summed E-state index contributed by atoms with van der Waals surface area (Å²) < 4.78 is 5.34. The molecule has 0 aliphatic carbocycles. The first kappa shape index (κ1) is 17.4. The van der Waals surface area contributed by atoms with Gasteiger partial charge in [-0.3, -0.25) is 14.5 Å². The SMILES string of the molecule is CC(C)(C)OC(=O)N1CC(O)C[C@@H](N2C(=O)c3ccccc3C2=O)C1. The molecule has 25 heavy (non-hydrogen) atoms. The standard InChI is InChI=1S/C18H22N2O5/c1-18(2,3)25-17(24)19-9-11(8-12(21)10-19)20-15(22)13-6-4-5-7-14(13)16(20)23/h4-7,11-12,21H,8-10H2,1-3H3/t11-,12?/m1/s1. The highest BCUT2D eigenvalue weighted by atomic mass is 16.6. The van der Waals surface area contributed by atoms with Crippen LogP contribution in [0.4, 0.5) is 4.79 Å². The molecular formula is C18H22N2O5. The Morgan fingerprint density at radius 2 is 1.68 bits per heavy atom. The van der Waals surface area contributed by atoms with Gasteiger partial charge in [0.05, 0.1) is 29.8 Å². The van der Waals surface area contributed by atoms with E-state index < -0.39 is 23.8 Å². The van der Waals surface area contributed by atoms with Gasteiger partial charge in [0, 0.05) is 6.54 Å². The number of carbonyl (C=O) groups excluding carboxylic acids is 3. The van der Waals surface area contributed by atoms with Gasteiger partial charge in [-0.05, 0) is 39.3 Å². The van der Waals surface area contributed by atoms with Crippen LogP contribution in [0.2, 0.25) is 0 Å². The molecule has 1 N–H and O–H groups in total. The van der Waals surface area contributed by atoms with Gasteiger partial charge in [0.2, 0.25) is 0 Å². The minimum Gasteiger partial charge on any atom is -0.444 e. The molecular weight excluding hydrogens is 324 g/mol. The average Bonchev–Trinajstić information content (AvgIpc) is 2.77. The van der Waals surface area contributed by atoms with Crippen LogP contribution < -0.4 is 0 Å². The highest BCUT2D eigenvalue weighted by molar-refractivity contribution is 6.21. The second-order valence-corrected chi connectivity index (χ2v) is 7.45. The maximum atomic E-state index is 12.6. The van der Waals surface area contributed by atoms with Crippen molar-refractivity contribution in [1.29, 1.82) is 0 Å². The molecule has 2 aliphatic heterocycles. The number of aliphatic hydroxyl groups excluding tert-OH is 1. The zero-order valence-electron chi connectivity index (χ0n) is 14.6. The van der Waals surface area contributed by atoms with E-state index in [0.717, 1.165) is 4.90 Å². The van der Waals surface area contributed by atoms with E-state index in [4.69, 9.17) is 4.74 Å².